The summed E-state index contributed by atoms with van der Waals surface area (Å²) in [5.41, 5.74) is -0.173. The third kappa shape index (κ3) is 2.90. The Morgan fingerprint density at radius 3 is 2.43 bits per heavy atom. The number of halogens is 4. The molecule has 0 atom stereocenters. The molecule has 7 heteroatoms. The Balaban J connectivity index is 3.19. The van der Waals surface area contributed by atoms with Gasteiger partial charge in [0.25, 0.3) is 0 Å². The summed E-state index contributed by atoms with van der Waals surface area (Å²) in [6, 6.07) is 2.00. The maximum atomic E-state index is 13.2. The molecule has 0 heterocycles. The molecule has 0 radical (unpaired) electrons. The van der Waals surface area contributed by atoms with Gasteiger partial charge in [0.15, 0.2) is 0 Å². The Labute approximate surface area is 92.4 Å². The van der Waals surface area contributed by atoms with E-state index in [1.54, 1.807) is 0 Å². The first kappa shape index (κ1) is 11.9. The second kappa shape index (κ2) is 4.12. The van der Waals surface area contributed by atoms with Crippen molar-refractivity contribution in [3.05, 3.63) is 33.8 Å². The molecule has 78 valence electrons. The van der Waals surface area contributed by atoms with Crippen LogP contribution in [0.25, 0.3) is 0 Å². The van der Waals surface area contributed by atoms with Crippen molar-refractivity contribution in [1.29, 1.82) is 0 Å². The minimum absolute atomic E-state index is 0.173. The van der Waals surface area contributed by atoms with Crippen molar-refractivity contribution in [3.8, 4) is 0 Å². The predicted octanol–water partition coefficient (Wildman–Crippen LogP) is 2.80. The van der Waals surface area contributed by atoms with Crippen LogP contribution >= 0.6 is 26.6 Å². The van der Waals surface area contributed by atoms with Crippen LogP contribution in [-0.2, 0) is 14.8 Å². The van der Waals surface area contributed by atoms with Gasteiger partial charge in [-0.15, -0.1) is 0 Å². The van der Waals surface area contributed by atoms with Gasteiger partial charge in [-0.2, -0.15) is 0 Å². The van der Waals surface area contributed by atoms with Gasteiger partial charge in [-0.05, 0) is 22.0 Å². The summed E-state index contributed by atoms with van der Waals surface area (Å²) in [6.45, 7) is 0. The maximum Gasteiger partial charge on any atom is 0.236 e. The van der Waals surface area contributed by atoms with Crippen LogP contribution in [0.15, 0.2) is 16.6 Å². The van der Waals surface area contributed by atoms with Gasteiger partial charge in [0.05, 0.1) is 10.2 Å². The molecule has 1 rings (SSSR count). The minimum atomic E-state index is -3.84. The quantitative estimate of drug-likeness (QED) is 0.622. The largest absolute Gasteiger partial charge is 0.236 e. The molecule has 0 aromatic heterocycles. The molecule has 0 unspecified atom stereocenters. The van der Waals surface area contributed by atoms with Gasteiger partial charge in [0.2, 0.25) is 9.05 Å². The van der Waals surface area contributed by atoms with Crippen molar-refractivity contribution in [1.82, 2.24) is 0 Å². The zero-order valence-electron chi connectivity index (χ0n) is 6.60. The van der Waals surface area contributed by atoms with Crippen molar-refractivity contribution in [2.24, 2.45) is 0 Å². The van der Waals surface area contributed by atoms with E-state index in [4.69, 9.17) is 10.7 Å². The van der Waals surface area contributed by atoms with Gasteiger partial charge in [0, 0.05) is 16.2 Å². The van der Waals surface area contributed by atoms with E-state index in [1.807, 2.05) is 0 Å². The average molecular weight is 306 g/mol. The number of hydrogen-bond donors (Lipinski definition) is 0. The first-order valence-corrected chi connectivity index (χ1v) is 6.63. The zero-order valence-corrected chi connectivity index (χ0v) is 9.76. The molecule has 0 aliphatic rings. The molecular formula is C7H4BrClF2O2S. The maximum absolute atomic E-state index is 13.2. The van der Waals surface area contributed by atoms with E-state index in [2.05, 4.69) is 15.9 Å². The summed E-state index contributed by atoms with van der Waals surface area (Å²) in [7, 11) is 1.09. The molecule has 0 aliphatic heterocycles. The highest BCUT2D eigenvalue weighted by atomic mass is 79.9. The summed E-state index contributed by atoms with van der Waals surface area (Å²) in [5, 5.41) is 0. The second-order valence-electron chi connectivity index (χ2n) is 2.52. The minimum Gasteiger partial charge on any atom is -0.212 e. The Hall–Kier alpha value is -0.200. The topological polar surface area (TPSA) is 34.1 Å². The van der Waals surface area contributed by atoms with Gasteiger partial charge < -0.3 is 0 Å². The highest BCUT2D eigenvalue weighted by Gasteiger charge is 2.15. The molecule has 0 spiro atoms. The van der Waals surface area contributed by atoms with Crippen LogP contribution in [0.4, 0.5) is 8.78 Å². The van der Waals surface area contributed by atoms with Crippen molar-refractivity contribution >= 4 is 35.7 Å². The molecule has 0 saturated carbocycles. The lowest BCUT2D eigenvalue weighted by Gasteiger charge is -2.02. The molecule has 0 N–H and O–H groups in total. The normalized spacial score (nSPS) is 11.7. The second-order valence-corrected chi connectivity index (χ2v) is 6.09. The van der Waals surface area contributed by atoms with Gasteiger partial charge in [-0.25, -0.2) is 17.2 Å². The Kier molecular flexibility index (Phi) is 3.49. The third-order valence-electron chi connectivity index (χ3n) is 1.44. The van der Waals surface area contributed by atoms with E-state index < -0.39 is 30.9 Å². The van der Waals surface area contributed by atoms with E-state index in [1.165, 1.54) is 0 Å². The van der Waals surface area contributed by atoms with Crippen LogP contribution in [0.1, 0.15) is 5.56 Å². The highest BCUT2D eigenvalue weighted by molar-refractivity contribution is 9.10. The lowest BCUT2D eigenvalue weighted by molar-refractivity contribution is 0.562. The predicted molar refractivity (Wildman–Crippen MR) is 52.5 cm³/mol. The molecule has 2 nitrogen and oxygen atoms in total. The van der Waals surface area contributed by atoms with Crippen LogP contribution in [0.5, 0.6) is 0 Å². The lowest BCUT2D eigenvalue weighted by atomic mass is 10.2. The zero-order chi connectivity index (χ0) is 10.9. The Morgan fingerprint density at radius 1 is 1.36 bits per heavy atom. The van der Waals surface area contributed by atoms with E-state index in [-0.39, 0.29) is 5.56 Å². The van der Waals surface area contributed by atoms with Crippen LogP contribution in [-0.4, -0.2) is 8.42 Å². The van der Waals surface area contributed by atoms with Crippen molar-refractivity contribution in [3.63, 3.8) is 0 Å². The third-order valence-corrected chi connectivity index (χ3v) is 3.15. The van der Waals surface area contributed by atoms with Crippen LogP contribution in [0, 0.1) is 11.6 Å². The fourth-order valence-electron chi connectivity index (χ4n) is 0.863. The van der Waals surface area contributed by atoms with Crippen LogP contribution in [0.3, 0.4) is 0 Å². The molecule has 0 aliphatic carbocycles. The van der Waals surface area contributed by atoms with Crippen molar-refractivity contribution < 1.29 is 17.2 Å². The van der Waals surface area contributed by atoms with Crippen molar-refractivity contribution in [2.75, 3.05) is 0 Å². The lowest BCUT2D eigenvalue weighted by Crippen LogP contribution is -2.00. The van der Waals surface area contributed by atoms with Crippen LogP contribution < -0.4 is 0 Å². The standard InChI is InChI=1S/C7H4BrClF2O2S/c8-6-5(10)2-1-4(7(6)11)3-14(9,12)13/h1-2H,3H2. The summed E-state index contributed by atoms with van der Waals surface area (Å²) in [5.74, 6) is -2.41. The Morgan fingerprint density at radius 2 is 1.93 bits per heavy atom. The molecule has 0 fully saturated rings. The van der Waals surface area contributed by atoms with E-state index in [0.717, 1.165) is 12.1 Å². The van der Waals surface area contributed by atoms with E-state index in [9.17, 15) is 17.2 Å². The summed E-state index contributed by atoms with van der Waals surface area (Å²) in [6.07, 6.45) is 0. The first-order valence-electron chi connectivity index (χ1n) is 3.36. The fourth-order valence-corrected chi connectivity index (χ4v) is 2.20. The first-order chi connectivity index (χ1) is 6.31. The smallest absolute Gasteiger partial charge is 0.212 e. The van der Waals surface area contributed by atoms with E-state index in [0.29, 0.717) is 0 Å². The van der Waals surface area contributed by atoms with Gasteiger partial charge in [-0.3, -0.25) is 0 Å². The van der Waals surface area contributed by atoms with Crippen molar-refractivity contribution in [2.45, 2.75) is 5.75 Å². The summed E-state index contributed by atoms with van der Waals surface area (Å²) >= 11 is 2.65. The molecule has 0 bridgehead atoms. The fraction of sp³-hybridized carbons (Fsp3) is 0.143. The molecule has 1 aromatic rings. The Bertz CT molecular complexity index is 461. The molecular weight excluding hydrogens is 301 g/mol. The monoisotopic (exact) mass is 304 g/mol. The molecule has 0 saturated heterocycles. The SMILES string of the molecule is O=S(=O)(Cl)Cc1ccc(F)c(Br)c1F. The molecule has 14 heavy (non-hydrogen) atoms. The van der Waals surface area contributed by atoms with E-state index >= 15 is 0 Å². The average Bonchev–Trinajstić information content (AvgIpc) is 2.04. The summed E-state index contributed by atoms with van der Waals surface area (Å²) in [4.78, 5) is 0. The number of rotatable bonds is 2. The number of hydrogen-bond acceptors (Lipinski definition) is 2. The summed E-state index contributed by atoms with van der Waals surface area (Å²) < 4.78 is 46.8. The van der Waals surface area contributed by atoms with Gasteiger partial charge in [0.1, 0.15) is 11.6 Å². The molecule has 1 aromatic carbocycles. The number of benzene rings is 1. The van der Waals surface area contributed by atoms with Gasteiger partial charge in [-0.1, -0.05) is 6.07 Å². The molecule has 0 amide bonds. The van der Waals surface area contributed by atoms with Crippen LogP contribution in [0.2, 0.25) is 0 Å². The highest BCUT2D eigenvalue weighted by Crippen LogP contribution is 2.24. The van der Waals surface area contributed by atoms with Gasteiger partial charge >= 0.3 is 0 Å².